The van der Waals surface area contributed by atoms with Crippen LogP contribution < -0.4 is 5.73 Å². The molecule has 1 aromatic carbocycles. The molecule has 1 aliphatic carbocycles. The number of carbonyl (C=O) groups is 1. The Morgan fingerprint density at radius 2 is 2.21 bits per heavy atom. The van der Waals surface area contributed by atoms with Gasteiger partial charge in [0.25, 0.3) is 0 Å². The van der Waals surface area contributed by atoms with Crippen LogP contribution in [0.5, 0.6) is 0 Å². The third-order valence-corrected chi connectivity index (χ3v) is 3.06. The Bertz CT molecular complexity index is 371. The van der Waals surface area contributed by atoms with E-state index in [4.69, 9.17) is 5.73 Å². The smallest absolute Gasteiger partial charge is 0.224 e. The number of nitrogens with two attached hydrogens (primary N) is 1. The van der Waals surface area contributed by atoms with Gasteiger partial charge in [-0.15, -0.1) is 0 Å². The molecule has 0 atom stereocenters. The minimum atomic E-state index is -0.360. The van der Waals surface area contributed by atoms with Crippen LogP contribution >= 0.6 is 15.9 Å². The van der Waals surface area contributed by atoms with Gasteiger partial charge < -0.3 is 5.73 Å². The number of amides is 1. The SMILES string of the molecule is NC(=O)C1([CH]c2cccc(Br)c2)CC1. The fraction of sp³-hybridized carbons (Fsp3) is 0.273. The van der Waals surface area contributed by atoms with Crippen LogP contribution in [0.25, 0.3) is 0 Å². The van der Waals surface area contributed by atoms with Gasteiger partial charge in [-0.25, -0.2) is 0 Å². The van der Waals surface area contributed by atoms with Gasteiger partial charge in [0.1, 0.15) is 0 Å². The van der Waals surface area contributed by atoms with Crippen LogP contribution in [0.3, 0.4) is 0 Å². The number of primary amides is 1. The summed E-state index contributed by atoms with van der Waals surface area (Å²) in [6, 6.07) is 7.88. The molecular weight excluding hydrogens is 242 g/mol. The number of hydrogen-bond donors (Lipinski definition) is 1. The van der Waals surface area contributed by atoms with Crippen molar-refractivity contribution >= 4 is 21.8 Å². The average Bonchev–Trinajstić information content (AvgIpc) is 2.85. The third kappa shape index (κ3) is 1.82. The normalized spacial score (nSPS) is 17.8. The maximum absolute atomic E-state index is 11.2. The molecule has 0 saturated heterocycles. The zero-order valence-electron chi connectivity index (χ0n) is 7.66. The van der Waals surface area contributed by atoms with Gasteiger partial charge in [0.15, 0.2) is 0 Å². The highest BCUT2D eigenvalue weighted by molar-refractivity contribution is 9.10. The number of rotatable bonds is 3. The molecule has 0 bridgehead atoms. The van der Waals surface area contributed by atoms with Crippen molar-refractivity contribution in [1.82, 2.24) is 0 Å². The van der Waals surface area contributed by atoms with Crippen LogP contribution in [0.1, 0.15) is 18.4 Å². The summed E-state index contributed by atoms with van der Waals surface area (Å²) in [7, 11) is 0. The van der Waals surface area contributed by atoms with Gasteiger partial charge >= 0.3 is 0 Å². The minimum Gasteiger partial charge on any atom is -0.369 e. The highest BCUT2D eigenvalue weighted by atomic mass is 79.9. The van der Waals surface area contributed by atoms with E-state index in [1.807, 2.05) is 30.7 Å². The molecule has 0 aromatic heterocycles. The molecule has 2 N–H and O–H groups in total. The molecule has 1 saturated carbocycles. The average molecular weight is 253 g/mol. The first-order valence-electron chi connectivity index (χ1n) is 4.54. The summed E-state index contributed by atoms with van der Waals surface area (Å²) in [6.45, 7) is 0. The van der Waals surface area contributed by atoms with E-state index in [1.54, 1.807) is 0 Å². The predicted octanol–water partition coefficient (Wildman–Crippen LogP) is 2.27. The lowest BCUT2D eigenvalue weighted by molar-refractivity contribution is -0.121. The fourth-order valence-electron chi connectivity index (χ4n) is 1.51. The van der Waals surface area contributed by atoms with Crippen molar-refractivity contribution < 1.29 is 4.79 Å². The lowest BCUT2D eigenvalue weighted by atomic mass is 9.96. The lowest BCUT2D eigenvalue weighted by Crippen LogP contribution is -2.25. The van der Waals surface area contributed by atoms with Gasteiger partial charge in [0, 0.05) is 10.9 Å². The summed E-state index contributed by atoms with van der Waals surface area (Å²) in [4.78, 5) is 11.2. The van der Waals surface area contributed by atoms with Crippen molar-refractivity contribution in [2.75, 3.05) is 0 Å². The molecule has 0 heterocycles. The third-order valence-electron chi connectivity index (χ3n) is 2.57. The molecule has 1 aliphatic rings. The molecule has 2 nitrogen and oxygen atoms in total. The maximum atomic E-state index is 11.2. The molecule has 2 rings (SSSR count). The van der Waals surface area contributed by atoms with Crippen molar-refractivity contribution in [3.63, 3.8) is 0 Å². The van der Waals surface area contributed by atoms with E-state index in [-0.39, 0.29) is 11.3 Å². The first-order valence-corrected chi connectivity index (χ1v) is 5.33. The van der Waals surface area contributed by atoms with E-state index >= 15 is 0 Å². The number of benzene rings is 1. The predicted molar refractivity (Wildman–Crippen MR) is 58.4 cm³/mol. The Morgan fingerprint density at radius 1 is 1.50 bits per heavy atom. The van der Waals surface area contributed by atoms with Crippen LogP contribution in [-0.2, 0) is 4.79 Å². The van der Waals surface area contributed by atoms with E-state index < -0.39 is 0 Å². The fourth-order valence-corrected chi connectivity index (χ4v) is 1.93. The Balaban J connectivity index is 2.15. The van der Waals surface area contributed by atoms with Crippen molar-refractivity contribution in [2.45, 2.75) is 12.8 Å². The molecule has 73 valence electrons. The molecule has 0 unspecified atom stereocenters. The Hall–Kier alpha value is -0.830. The summed E-state index contributed by atoms with van der Waals surface area (Å²) in [5.41, 5.74) is 6.03. The second kappa shape index (κ2) is 3.39. The number of halogens is 1. The van der Waals surface area contributed by atoms with Crippen LogP contribution in [-0.4, -0.2) is 5.91 Å². The van der Waals surface area contributed by atoms with Crippen molar-refractivity contribution in [2.24, 2.45) is 11.1 Å². The van der Waals surface area contributed by atoms with Gasteiger partial charge in [-0.05, 0) is 30.5 Å². The van der Waals surface area contributed by atoms with Gasteiger partial charge in [-0.2, -0.15) is 0 Å². The van der Waals surface area contributed by atoms with E-state index in [2.05, 4.69) is 15.9 Å². The highest BCUT2D eigenvalue weighted by Gasteiger charge is 2.48. The Kier molecular flexibility index (Phi) is 2.35. The molecule has 1 fully saturated rings. The van der Waals surface area contributed by atoms with E-state index in [1.165, 1.54) is 0 Å². The van der Waals surface area contributed by atoms with Gasteiger partial charge in [-0.1, -0.05) is 28.1 Å². The van der Waals surface area contributed by atoms with E-state index in [0.717, 1.165) is 22.9 Å². The summed E-state index contributed by atoms with van der Waals surface area (Å²) in [5.74, 6) is -0.211. The first kappa shape index (κ1) is 9.71. The summed E-state index contributed by atoms with van der Waals surface area (Å²) >= 11 is 3.39. The van der Waals surface area contributed by atoms with Gasteiger partial charge in [0.2, 0.25) is 5.91 Å². The standard InChI is InChI=1S/C11H11BrNO/c12-9-3-1-2-8(6-9)7-11(4-5-11)10(13)14/h1-3,6-7H,4-5H2,(H2,13,14). The summed E-state index contributed by atoms with van der Waals surface area (Å²) in [5, 5.41) is 0. The van der Waals surface area contributed by atoms with Crippen molar-refractivity contribution in [3.05, 3.63) is 40.7 Å². The molecule has 1 aromatic rings. The van der Waals surface area contributed by atoms with Crippen LogP contribution in [0.2, 0.25) is 0 Å². The second-order valence-corrected chi connectivity index (χ2v) is 4.64. The highest BCUT2D eigenvalue weighted by Crippen LogP contribution is 2.49. The quantitative estimate of drug-likeness (QED) is 0.882. The van der Waals surface area contributed by atoms with Crippen LogP contribution in [0.15, 0.2) is 28.7 Å². The molecule has 0 spiro atoms. The second-order valence-electron chi connectivity index (χ2n) is 3.72. The molecule has 3 heteroatoms. The molecule has 0 aliphatic heterocycles. The molecule has 1 radical (unpaired) electrons. The zero-order valence-corrected chi connectivity index (χ0v) is 9.25. The number of hydrogen-bond acceptors (Lipinski definition) is 1. The Morgan fingerprint density at radius 3 is 2.71 bits per heavy atom. The number of carbonyl (C=O) groups excluding carboxylic acids is 1. The van der Waals surface area contributed by atoms with Crippen LogP contribution in [0.4, 0.5) is 0 Å². The maximum Gasteiger partial charge on any atom is 0.224 e. The summed E-state index contributed by atoms with van der Waals surface area (Å²) < 4.78 is 1.02. The minimum absolute atomic E-state index is 0.211. The monoisotopic (exact) mass is 252 g/mol. The Labute approximate surface area is 91.6 Å². The molecule has 14 heavy (non-hydrogen) atoms. The first-order chi connectivity index (χ1) is 6.62. The van der Waals surface area contributed by atoms with Crippen LogP contribution in [0, 0.1) is 11.8 Å². The zero-order chi connectivity index (χ0) is 10.2. The summed E-state index contributed by atoms with van der Waals surface area (Å²) in [6.07, 6.45) is 3.74. The lowest BCUT2D eigenvalue weighted by Gasteiger charge is -2.09. The topological polar surface area (TPSA) is 43.1 Å². The van der Waals surface area contributed by atoms with Gasteiger partial charge in [0.05, 0.1) is 5.41 Å². The van der Waals surface area contributed by atoms with Crippen molar-refractivity contribution in [3.8, 4) is 0 Å². The van der Waals surface area contributed by atoms with Gasteiger partial charge in [-0.3, -0.25) is 4.79 Å². The molecule has 1 amide bonds. The van der Waals surface area contributed by atoms with E-state index in [0.29, 0.717) is 0 Å². The van der Waals surface area contributed by atoms with E-state index in [9.17, 15) is 4.79 Å². The van der Waals surface area contributed by atoms with Crippen molar-refractivity contribution in [1.29, 1.82) is 0 Å². The largest absolute Gasteiger partial charge is 0.369 e. The molecular formula is C11H11BrNO.